The van der Waals surface area contributed by atoms with Crippen molar-refractivity contribution in [1.82, 2.24) is 0 Å². The number of halogens is 1. The van der Waals surface area contributed by atoms with Gasteiger partial charge in [0, 0.05) is 12.8 Å². The fraction of sp³-hybridized carbons (Fsp3) is 0.750. The fourth-order valence-electron chi connectivity index (χ4n) is 1.48. The molecule has 0 spiro atoms. The van der Waals surface area contributed by atoms with Crippen molar-refractivity contribution in [3.05, 3.63) is 0 Å². The zero-order valence-electron chi connectivity index (χ0n) is 6.44. The van der Waals surface area contributed by atoms with Gasteiger partial charge in [-0.1, -0.05) is 0 Å². The zero-order chi connectivity index (χ0) is 6.74. The first-order chi connectivity index (χ1) is 4.27. The lowest BCUT2D eigenvalue weighted by Gasteiger charge is -2.25. The molecular formula is C8H14BrN. The van der Waals surface area contributed by atoms with Gasteiger partial charge in [-0.25, -0.2) is 0 Å². The Morgan fingerprint density at radius 1 is 1.40 bits per heavy atom. The molecule has 0 aromatic carbocycles. The normalized spacial score (nSPS) is 21.2. The summed E-state index contributed by atoms with van der Waals surface area (Å²) in [5.41, 5.74) is 0. The largest absolute Gasteiger partial charge is 1.00 e. The summed E-state index contributed by atoms with van der Waals surface area (Å²) < 4.78 is 1.11. The average Bonchev–Trinajstić information content (AvgIpc) is 2.16. The second-order valence-corrected chi connectivity index (χ2v) is 3.14. The van der Waals surface area contributed by atoms with Crippen molar-refractivity contribution in [2.24, 2.45) is 0 Å². The number of hydrogen-bond acceptors (Lipinski definition) is 0. The van der Waals surface area contributed by atoms with Crippen molar-refractivity contribution in [2.75, 3.05) is 26.7 Å². The van der Waals surface area contributed by atoms with Gasteiger partial charge in [0.15, 0.2) is 0 Å². The highest BCUT2D eigenvalue weighted by Crippen LogP contribution is 2.14. The van der Waals surface area contributed by atoms with E-state index in [1.54, 1.807) is 0 Å². The van der Waals surface area contributed by atoms with Gasteiger partial charge in [-0.05, 0) is 5.92 Å². The fourth-order valence-corrected chi connectivity index (χ4v) is 1.48. The maximum absolute atomic E-state index is 5.23. The van der Waals surface area contributed by atoms with Crippen LogP contribution in [-0.4, -0.2) is 31.2 Å². The van der Waals surface area contributed by atoms with Crippen molar-refractivity contribution < 1.29 is 21.5 Å². The summed E-state index contributed by atoms with van der Waals surface area (Å²) in [4.78, 5) is 0. The molecule has 1 aliphatic rings. The minimum Gasteiger partial charge on any atom is -1.00 e. The SMILES string of the molecule is C#CC[N+]1(C)CCCC1.[Br-]. The second kappa shape index (κ2) is 4.00. The van der Waals surface area contributed by atoms with Crippen LogP contribution >= 0.6 is 0 Å². The Balaban J connectivity index is 0.000000810. The average molecular weight is 204 g/mol. The van der Waals surface area contributed by atoms with Crippen molar-refractivity contribution in [3.63, 3.8) is 0 Å². The van der Waals surface area contributed by atoms with E-state index in [-0.39, 0.29) is 17.0 Å². The lowest BCUT2D eigenvalue weighted by atomic mass is 10.4. The highest BCUT2D eigenvalue weighted by atomic mass is 79.9. The molecule has 1 aliphatic heterocycles. The summed E-state index contributed by atoms with van der Waals surface area (Å²) in [5.74, 6) is 2.72. The molecule has 0 aliphatic carbocycles. The van der Waals surface area contributed by atoms with Gasteiger partial charge in [-0.3, -0.25) is 0 Å². The van der Waals surface area contributed by atoms with Gasteiger partial charge in [0.1, 0.15) is 6.54 Å². The first kappa shape index (κ1) is 10.0. The summed E-state index contributed by atoms with van der Waals surface area (Å²) in [6.07, 6.45) is 7.95. The topological polar surface area (TPSA) is 0 Å². The van der Waals surface area contributed by atoms with E-state index in [0.29, 0.717) is 0 Å². The van der Waals surface area contributed by atoms with Crippen LogP contribution in [0.4, 0.5) is 0 Å². The molecule has 0 unspecified atom stereocenters. The Bertz CT molecular complexity index is 131. The Morgan fingerprint density at radius 3 is 2.30 bits per heavy atom. The minimum atomic E-state index is 0. The summed E-state index contributed by atoms with van der Waals surface area (Å²) >= 11 is 0. The molecular weight excluding hydrogens is 190 g/mol. The quantitative estimate of drug-likeness (QED) is 0.338. The lowest BCUT2D eigenvalue weighted by Crippen LogP contribution is -3.00. The number of hydrogen-bond donors (Lipinski definition) is 0. The molecule has 0 N–H and O–H groups in total. The van der Waals surface area contributed by atoms with E-state index >= 15 is 0 Å². The molecule has 0 aromatic rings. The molecule has 1 heterocycles. The maximum Gasteiger partial charge on any atom is 0.140 e. The van der Waals surface area contributed by atoms with Crippen molar-refractivity contribution in [3.8, 4) is 12.3 Å². The summed E-state index contributed by atoms with van der Waals surface area (Å²) in [6.45, 7) is 3.48. The third-order valence-corrected chi connectivity index (χ3v) is 2.12. The van der Waals surface area contributed by atoms with Crippen LogP contribution < -0.4 is 17.0 Å². The second-order valence-electron chi connectivity index (χ2n) is 3.14. The molecule has 58 valence electrons. The number of rotatable bonds is 1. The standard InChI is InChI=1S/C8H14N.BrH/c1-3-6-9(2)7-4-5-8-9;/h1H,4-8H2,2H3;1H/q+1;/p-1. The van der Waals surface area contributed by atoms with Gasteiger partial charge in [-0.15, -0.1) is 6.42 Å². The van der Waals surface area contributed by atoms with Gasteiger partial charge >= 0.3 is 0 Å². The first-order valence-corrected chi connectivity index (χ1v) is 3.54. The van der Waals surface area contributed by atoms with Gasteiger partial charge in [0.05, 0.1) is 20.1 Å². The number of likely N-dealkylation sites (tertiary alicyclic amines) is 1. The Labute approximate surface area is 73.8 Å². The lowest BCUT2D eigenvalue weighted by molar-refractivity contribution is -0.890. The molecule has 0 saturated carbocycles. The van der Waals surface area contributed by atoms with Crippen molar-refractivity contribution >= 4 is 0 Å². The van der Waals surface area contributed by atoms with Crippen LogP contribution in [0.25, 0.3) is 0 Å². The molecule has 0 aromatic heterocycles. The van der Waals surface area contributed by atoms with E-state index in [2.05, 4.69) is 13.0 Å². The Morgan fingerprint density at radius 2 is 1.90 bits per heavy atom. The predicted molar refractivity (Wildman–Crippen MR) is 38.9 cm³/mol. The van der Waals surface area contributed by atoms with Crippen LogP contribution in [0.3, 0.4) is 0 Å². The molecule has 0 radical (unpaired) electrons. The minimum absolute atomic E-state index is 0. The van der Waals surface area contributed by atoms with Crippen LogP contribution in [0.1, 0.15) is 12.8 Å². The molecule has 0 amide bonds. The van der Waals surface area contributed by atoms with E-state index in [1.807, 2.05) is 0 Å². The molecule has 10 heavy (non-hydrogen) atoms. The highest BCUT2D eigenvalue weighted by molar-refractivity contribution is 4.83. The van der Waals surface area contributed by atoms with Crippen LogP contribution in [0.15, 0.2) is 0 Å². The Kier molecular flexibility index (Phi) is 4.00. The third kappa shape index (κ3) is 2.32. The first-order valence-electron chi connectivity index (χ1n) is 3.54. The van der Waals surface area contributed by atoms with E-state index in [0.717, 1.165) is 11.0 Å². The molecule has 1 nitrogen and oxygen atoms in total. The molecule has 1 fully saturated rings. The predicted octanol–water partition coefficient (Wildman–Crippen LogP) is -2.14. The van der Waals surface area contributed by atoms with E-state index < -0.39 is 0 Å². The zero-order valence-corrected chi connectivity index (χ0v) is 8.02. The van der Waals surface area contributed by atoms with Crippen LogP contribution in [-0.2, 0) is 0 Å². The molecule has 2 heteroatoms. The van der Waals surface area contributed by atoms with Gasteiger partial charge in [0.2, 0.25) is 0 Å². The number of terminal acetylenes is 1. The van der Waals surface area contributed by atoms with Crippen molar-refractivity contribution in [2.45, 2.75) is 12.8 Å². The molecule has 1 rings (SSSR count). The van der Waals surface area contributed by atoms with Gasteiger partial charge in [-0.2, -0.15) is 0 Å². The van der Waals surface area contributed by atoms with E-state index in [4.69, 9.17) is 6.42 Å². The summed E-state index contributed by atoms with van der Waals surface area (Å²) in [6, 6.07) is 0. The van der Waals surface area contributed by atoms with E-state index in [1.165, 1.54) is 25.9 Å². The molecule has 0 bridgehead atoms. The van der Waals surface area contributed by atoms with Crippen LogP contribution in [0.5, 0.6) is 0 Å². The summed E-state index contributed by atoms with van der Waals surface area (Å²) in [7, 11) is 2.24. The Hall–Kier alpha value is 0. The van der Waals surface area contributed by atoms with Gasteiger partial charge in [0.25, 0.3) is 0 Å². The maximum atomic E-state index is 5.23. The number of nitrogens with zero attached hydrogens (tertiary/aromatic N) is 1. The van der Waals surface area contributed by atoms with Gasteiger partial charge < -0.3 is 21.5 Å². The molecule has 1 saturated heterocycles. The smallest absolute Gasteiger partial charge is 0.140 e. The van der Waals surface area contributed by atoms with E-state index in [9.17, 15) is 0 Å². The van der Waals surface area contributed by atoms with Crippen LogP contribution in [0.2, 0.25) is 0 Å². The third-order valence-electron chi connectivity index (χ3n) is 2.12. The molecule has 0 atom stereocenters. The summed E-state index contributed by atoms with van der Waals surface area (Å²) in [5, 5.41) is 0. The highest BCUT2D eigenvalue weighted by Gasteiger charge is 2.24. The van der Waals surface area contributed by atoms with Crippen LogP contribution in [0, 0.1) is 12.3 Å². The monoisotopic (exact) mass is 203 g/mol. The number of quaternary nitrogens is 1. The van der Waals surface area contributed by atoms with Crippen molar-refractivity contribution in [1.29, 1.82) is 0 Å².